The fraction of sp³-hybridized carbons (Fsp3) is 0.0909. The number of carboxylic acid groups (broad SMARTS) is 1. The van der Waals surface area contributed by atoms with E-state index < -0.39 is 5.97 Å². The Morgan fingerprint density at radius 3 is 2.75 bits per heavy atom. The number of hydrogen-bond acceptors (Lipinski definition) is 3. The van der Waals surface area contributed by atoms with Gasteiger partial charge in [-0.3, -0.25) is 5.10 Å². The predicted octanol–water partition coefficient (Wildman–Crippen LogP) is 1.72. The molecule has 0 bridgehead atoms. The normalized spacial score (nSPS) is 10.0. The molecule has 82 valence electrons. The summed E-state index contributed by atoms with van der Waals surface area (Å²) in [6.07, 6.45) is 0. The molecule has 2 rings (SSSR count). The number of nitrogens with zero attached hydrogens (tertiary/aromatic N) is 1. The second-order valence-corrected chi connectivity index (χ2v) is 3.31. The van der Waals surface area contributed by atoms with Crippen molar-refractivity contribution in [3.8, 4) is 0 Å². The zero-order valence-electron chi connectivity index (χ0n) is 8.47. The second kappa shape index (κ2) is 4.48. The van der Waals surface area contributed by atoms with Crippen molar-refractivity contribution in [3.63, 3.8) is 0 Å². The molecule has 0 saturated heterocycles. The van der Waals surface area contributed by atoms with Crippen LogP contribution in [0.25, 0.3) is 0 Å². The number of benzene rings is 1. The molecule has 0 amide bonds. The molecule has 1 aromatic carbocycles. The van der Waals surface area contributed by atoms with Crippen LogP contribution < -0.4 is 5.32 Å². The summed E-state index contributed by atoms with van der Waals surface area (Å²) in [7, 11) is 0. The molecule has 3 N–H and O–H groups in total. The van der Waals surface area contributed by atoms with Crippen LogP contribution in [0.4, 0.5) is 5.82 Å². The lowest BCUT2D eigenvalue weighted by molar-refractivity contribution is 0.0690. The van der Waals surface area contributed by atoms with Crippen molar-refractivity contribution in [3.05, 3.63) is 47.7 Å². The first-order chi connectivity index (χ1) is 7.75. The van der Waals surface area contributed by atoms with Gasteiger partial charge < -0.3 is 10.4 Å². The molecule has 0 atom stereocenters. The number of nitrogens with one attached hydrogen (secondary N) is 2. The molecule has 0 radical (unpaired) electrons. The number of rotatable bonds is 4. The topological polar surface area (TPSA) is 78.0 Å². The van der Waals surface area contributed by atoms with Gasteiger partial charge in [0.25, 0.3) is 0 Å². The second-order valence-electron chi connectivity index (χ2n) is 3.31. The van der Waals surface area contributed by atoms with Gasteiger partial charge in [-0.1, -0.05) is 30.3 Å². The summed E-state index contributed by atoms with van der Waals surface area (Å²) in [4.78, 5) is 10.6. The zero-order chi connectivity index (χ0) is 11.4. The number of carbonyl (C=O) groups is 1. The molecule has 16 heavy (non-hydrogen) atoms. The third-order valence-corrected chi connectivity index (χ3v) is 2.12. The Morgan fingerprint density at radius 2 is 2.12 bits per heavy atom. The number of hydrogen-bond donors (Lipinski definition) is 3. The smallest absolute Gasteiger partial charge is 0.353 e. The van der Waals surface area contributed by atoms with Gasteiger partial charge >= 0.3 is 5.97 Å². The molecule has 2 aromatic rings. The molecule has 0 saturated carbocycles. The van der Waals surface area contributed by atoms with E-state index in [4.69, 9.17) is 5.11 Å². The molecular weight excluding hydrogens is 206 g/mol. The highest BCUT2D eigenvalue weighted by molar-refractivity contribution is 5.86. The van der Waals surface area contributed by atoms with Gasteiger partial charge in [-0.2, -0.15) is 5.10 Å². The van der Waals surface area contributed by atoms with E-state index >= 15 is 0 Å². The highest BCUT2D eigenvalue weighted by Crippen LogP contribution is 2.07. The maximum atomic E-state index is 10.6. The minimum atomic E-state index is -1.01. The van der Waals surface area contributed by atoms with Crippen molar-refractivity contribution in [2.24, 2.45) is 0 Å². The van der Waals surface area contributed by atoms with Crippen LogP contribution in [0.1, 0.15) is 16.1 Å². The van der Waals surface area contributed by atoms with Crippen LogP contribution in [0.3, 0.4) is 0 Å². The zero-order valence-corrected chi connectivity index (χ0v) is 8.47. The maximum Gasteiger partial charge on any atom is 0.353 e. The molecule has 5 nitrogen and oxygen atoms in total. The summed E-state index contributed by atoms with van der Waals surface area (Å²) in [5.41, 5.74) is 1.19. The van der Waals surface area contributed by atoms with Crippen molar-refractivity contribution in [2.45, 2.75) is 6.54 Å². The van der Waals surface area contributed by atoms with E-state index in [2.05, 4.69) is 15.5 Å². The van der Waals surface area contributed by atoms with E-state index in [9.17, 15) is 4.79 Å². The van der Waals surface area contributed by atoms with E-state index in [0.717, 1.165) is 5.56 Å². The Bertz CT molecular complexity index is 479. The monoisotopic (exact) mass is 217 g/mol. The average Bonchev–Trinajstić information content (AvgIpc) is 2.76. The van der Waals surface area contributed by atoms with Crippen LogP contribution in [-0.4, -0.2) is 21.3 Å². The molecule has 1 heterocycles. The van der Waals surface area contributed by atoms with Crippen molar-refractivity contribution in [1.29, 1.82) is 0 Å². The minimum Gasteiger partial charge on any atom is -0.477 e. The molecule has 1 aromatic heterocycles. The predicted molar refractivity (Wildman–Crippen MR) is 59.3 cm³/mol. The third-order valence-electron chi connectivity index (χ3n) is 2.12. The number of carboxylic acids is 1. The Labute approximate surface area is 92.1 Å². The van der Waals surface area contributed by atoms with Crippen molar-refractivity contribution in [2.75, 3.05) is 5.32 Å². The van der Waals surface area contributed by atoms with E-state index in [-0.39, 0.29) is 5.69 Å². The van der Waals surface area contributed by atoms with Crippen LogP contribution in [0.2, 0.25) is 0 Å². The van der Waals surface area contributed by atoms with Crippen LogP contribution >= 0.6 is 0 Å². The molecule has 0 aliphatic rings. The summed E-state index contributed by atoms with van der Waals surface area (Å²) in [6, 6.07) is 11.3. The standard InChI is InChI=1S/C11H11N3O2/c15-11(16)9-6-10(14-13-9)12-7-8-4-2-1-3-5-8/h1-6H,7H2,(H,15,16)(H2,12,13,14). The first-order valence-electron chi connectivity index (χ1n) is 4.82. The number of H-pyrrole nitrogens is 1. The van der Waals surface area contributed by atoms with Gasteiger partial charge in [-0.25, -0.2) is 4.79 Å². The molecule has 0 aliphatic heterocycles. The van der Waals surface area contributed by atoms with Crippen LogP contribution in [0, 0.1) is 0 Å². The number of aromatic carboxylic acids is 1. The lowest BCUT2D eigenvalue weighted by Gasteiger charge is -2.01. The number of anilines is 1. The maximum absolute atomic E-state index is 10.6. The first kappa shape index (κ1) is 10.2. The first-order valence-corrected chi connectivity index (χ1v) is 4.82. The van der Waals surface area contributed by atoms with Crippen molar-refractivity contribution >= 4 is 11.8 Å². The highest BCUT2D eigenvalue weighted by atomic mass is 16.4. The Morgan fingerprint density at radius 1 is 1.38 bits per heavy atom. The van der Waals surface area contributed by atoms with Crippen molar-refractivity contribution < 1.29 is 9.90 Å². The molecule has 0 aliphatic carbocycles. The fourth-order valence-corrected chi connectivity index (χ4v) is 1.31. The summed E-state index contributed by atoms with van der Waals surface area (Å²) in [5, 5.41) is 18.0. The van der Waals surface area contributed by atoms with Crippen LogP contribution in [0.5, 0.6) is 0 Å². The van der Waals surface area contributed by atoms with Gasteiger partial charge in [0.1, 0.15) is 11.5 Å². The van der Waals surface area contributed by atoms with E-state index in [0.29, 0.717) is 12.4 Å². The molecule has 0 unspecified atom stereocenters. The number of aromatic amines is 1. The lowest BCUT2D eigenvalue weighted by atomic mass is 10.2. The van der Waals surface area contributed by atoms with Crippen molar-refractivity contribution in [1.82, 2.24) is 10.2 Å². The molecule has 5 heteroatoms. The van der Waals surface area contributed by atoms with E-state index in [1.54, 1.807) is 0 Å². The van der Waals surface area contributed by atoms with Crippen LogP contribution in [0.15, 0.2) is 36.4 Å². The minimum absolute atomic E-state index is 0.0792. The van der Waals surface area contributed by atoms with Gasteiger partial charge in [0.2, 0.25) is 0 Å². The summed E-state index contributed by atoms with van der Waals surface area (Å²) < 4.78 is 0. The van der Waals surface area contributed by atoms with Gasteiger partial charge in [-0.05, 0) is 5.56 Å². The molecule has 0 spiro atoms. The number of aromatic nitrogens is 2. The summed E-state index contributed by atoms with van der Waals surface area (Å²) in [5.74, 6) is -0.485. The largest absolute Gasteiger partial charge is 0.477 e. The molecular formula is C11H11N3O2. The quantitative estimate of drug-likeness (QED) is 0.728. The Hall–Kier alpha value is -2.30. The van der Waals surface area contributed by atoms with Gasteiger partial charge in [0.05, 0.1) is 0 Å². The Kier molecular flexibility index (Phi) is 2.86. The molecule has 0 fully saturated rings. The van der Waals surface area contributed by atoms with Gasteiger partial charge in [0.15, 0.2) is 0 Å². The average molecular weight is 217 g/mol. The highest BCUT2D eigenvalue weighted by Gasteiger charge is 2.06. The van der Waals surface area contributed by atoms with E-state index in [1.165, 1.54) is 6.07 Å². The lowest BCUT2D eigenvalue weighted by Crippen LogP contribution is -1.99. The Balaban J connectivity index is 1.97. The van der Waals surface area contributed by atoms with E-state index in [1.807, 2.05) is 30.3 Å². The van der Waals surface area contributed by atoms with Gasteiger partial charge in [-0.15, -0.1) is 0 Å². The SMILES string of the molecule is O=C(O)c1cc(NCc2ccccc2)n[nH]1. The summed E-state index contributed by atoms with van der Waals surface area (Å²) >= 11 is 0. The third kappa shape index (κ3) is 2.38. The fourth-order valence-electron chi connectivity index (χ4n) is 1.31. The van der Waals surface area contributed by atoms with Crippen LogP contribution in [-0.2, 0) is 6.54 Å². The summed E-state index contributed by atoms with van der Waals surface area (Å²) in [6.45, 7) is 0.616. The van der Waals surface area contributed by atoms with Gasteiger partial charge in [0, 0.05) is 12.6 Å².